The molecule has 8 nitrogen and oxygen atoms in total. The quantitative estimate of drug-likeness (QED) is 0.702. The summed E-state index contributed by atoms with van der Waals surface area (Å²) in [5.41, 5.74) is 5.18. The van der Waals surface area contributed by atoms with Crippen molar-refractivity contribution in [3.63, 3.8) is 0 Å². The lowest BCUT2D eigenvalue weighted by atomic mass is 10.2. The van der Waals surface area contributed by atoms with Crippen molar-refractivity contribution in [1.29, 1.82) is 0 Å². The van der Waals surface area contributed by atoms with E-state index in [4.69, 9.17) is 10.5 Å². The SMILES string of the molecule is CSCC[C@H](NC(N)=O)C(=O)OCc1cc(=O)n2ccsc2n1. The van der Waals surface area contributed by atoms with E-state index in [1.54, 1.807) is 11.6 Å². The number of ether oxygens (including phenoxy) is 1. The first-order chi connectivity index (χ1) is 11.0. The number of hydrogen-bond acceptors (Lipinski definition) is 7. The van der Waals surface area contributed by atoms with Crippen LogP contribution in [0, 0.1) is 0 Å². The molecule has 2 aromatic heterocycles. The molecule has 10 heteroatoms. The number of hydrogen-bond donors (Lipinski definition) is 2. The van der Waals surface area contributed by atoms with Gasteiger partial charge in [-0.2, -0.15) is 11.8 Å². The first kappa shape index (κ1) is 17.3. The second-order valence-electron chi connectivity index (χ2n) is 4.59. The van der Waals surface area contributed by atoms with Crippen LogP contribution in [-0.2, 0) is 16.1 Å². The third kappa shape index (κ3) is 4.70. The maximum Gasteiger partial charge on any atom is 0.329 e. The number of rotatable bonds is 7. The molecule has 0 saturated heterocycles. The van der Waals surface area contributed by atoms with E-state index in [0.717, 1.165) is 0 Å². The third-order valence-electron chi connectivity index (χ3n) is 2.93. The van der Waals surface area contributed by atoms with E-state index < -0.39 is 18.0 Å². The van der Waals surface area contributed by atoms with Crippen LogP contribution in [0.5, 0.6) is 0 Å². The Morgan fingerprint density at radius 2 is 2.35 bits per heavy atom. The summed E-state index contributed by atoms with van der Waals surface area (Å²) in [5, 5.41) is 4.10. The Bertz CT molecular complexity index is 758. The molecule has 124 valence electrons. The van der Waals surface area contributed by atoms with Gasteiger partial charge in [0.25, 0.3) is 5.56 Å². The molecule has 0 spiro atoms. The van der Waals surface area contributed by atoms with Crippen LogP contribution in [0.4, 0.5) is 4.79 Å². The van der Waals surface area contributed by atoms with Gasteiger partial charge in [0.1, 0.15) is 12.6 Å². The summed E-state index contributed by atoms with van der Waals surface area (Å²) in [6.07, 6.45) is 3.92. The van der Waals surface area contributed by atoms with Crippen molar-refractivity contribution in [3.8, 4) is 0 Å². The minimum Gasteiger partial charge on any atom is -0.458 e. The Hall–Kier alpha value is -2.07. The predicted octanol–water partition coefficient (Wildman–Crippen LogP) is 0.589. The number of carbonyl (C=O) groups excluding carboxylic acids is 2. The van der Waals surface area contributed by atoms with Crippen LogP contribution in [0.25, 0.3) is 4.96 Å². The highest BCUT2D eigenvalue weighted by molar-refractivity contribution is 7.98. The van der Waals surface area contributed by atoms with Crippen molar-refractivity contribution in [1.82, 2.24) is 14.7 Å². The monoisotopic (exact) mass is 356 g/mol. The number of thiazole rings is 1. The Balaban J connectivity index is 2.02. The highest BCUT2D eigenvalue weighted by atomic mass is 32.2. The number of nitrogens with one attached hydrogen (secondary N) is 1. The fraction of sp³-hybridized carbons (Fsp3) is 0.385. The highest BCUT2D eigenvalue weighted by Crippen LogP contribution is 2.08. The first-order valence-electron chi connectivity index (χ1n) is 6.68. The molecule has 0 aromatic carbocycles. The van der Waals surface area contributed by atoms with E-state index in [1.165, 1.54) is 33.6 Å². The van der Waals surface area contributed by atoms with Gasteiger partial charge in [-0.25, -0.2) is 14.6 Å². The molecule has 1 atom stereocenters. The molecule has 2 amide bonds. The smallest absolute Gasteiger partial charge is 0.329 e. The van der Waals surface area contributed by atoms with Gasteiger partial charge in [0, 0.05) is 17.6 Å². The minimum absolute atomic E-state index is 0.140. The molecule has 0 aliphatic rings. The van der Waals surface area contributed by atoms with Gasteiger partial charge in [-0.1, -0.05) is 0 Å². The van der Waals surface area contributed by atoms with Crippen molar-refractivity contribution in [3.05, 3.63) is 33.7 Å². The van der Waals surface area contributed by atoms with Crippen LogP contribution in [0.1, 0.15) is 12.1 Å². The summed E-state index contributed by atoms with van der Waals surface area (Å²) in [7, 11) is 0. The summed E-state index contributed by atoms with van der Waals surface area (Å²) in [4.78, 5) is 39.6. The topological polar surface area (TPSA) is 116 Å². The van der Waals surface area contributed by atoms with Gasteiger partial charge in [0.15, 0.2) is 4.96 Å². The predicted molar refractivity (Wildman–Crippen MR) is 88.6 cm³/mol. The lowest BCUT2D eigenvalue weighted by Gasteiger charge is -2.15. The van der Waals surface area contributed by atoms with E-state index >= 15 is 0 Å². The van der Waals surface area contributed by atoms with E-state index in [-0.39, 0.29) is 12.2 Å². The van der Waals surface area contributed by atoms with Gasteiger partial charge < -0.3 is 15.8 Å². The molecule has 0 saturated carbocycles. The number of nitrogens with two attached hydrogens (primary N) is 1. The largest absolute Gasteiger partial charge is 0.458 e. The second kappa shape index (κ2) is 7.97. The minimum atomic E-state index is -0.813. The summed E-state index contributed by atoms with van der Waals surface area (Å²) >= 11 is 2.85. The Kier molecular flexibility index (Phi) is 5.99. The number of urea groups is 1. The normalized spacial score (nSPS) is 12.0. The Morgan fingerprint density at radius 3 is 3.04 bits per heavy atom. The fourth-order valence-corrected chi connectivity index (χ4v) is 3.07. The van der Waals surface area contributed by atoms with Gasteiger partial charge in [0.05, 0.1) is 5.69 Å². The summed E-state index contributed by atoms with van der Waals surface area (Å²) in [6, 6.07) is -0.290. The van der Waals surface area contributed by atoms with E-state index in [0.29, 0.717) is 22.8 Å². The van der Waals surface area contributed by atoms with Crippen LogP contribution >= 0.6 is 23.1 Å². The van der Waals surface area contributed by atoms with Crippen LogP contribution in [0.15, 0.2) is 22.4 Å². The molecule has 2 heterocycles. The summed E-state index contributed by atoms with van der Waals surface area (Å²) < 4.78 is 6.55. The molecule has 2 rings (SSSR count). The molecule has 3 N–H and O–H groups in total. The number of carbonyl (C=O) groups is 2. The first-order valence-corrected chi connectivity index (χ1v) is 8.96. The van der Waals surface area contributed by atoms with E-state index in [9.17, 15) is 14.4 Å². The van der Waals surface area contributed by atoms with Crippen molar-refractivity contribution in [2.45, 2.75) is 19.1 Å². The zero-order valence-electron chi connectivity index (χ0n) is 12.4. The Morgan fingerprint density at radius 1 is 1.57 bits per heavy atom. The molecule has 0 bridgehead atoms. The number of aromatic nitrogens is 2. The molecule has 0 radical (unpaired) electrons. The average molecular weight is 356 g/mol. The van der Waals surface area contributed by atoms with Crippen LogP contribution < -0.4 is 16.6 Å². The molecular formula is C13H16N4O4S2. The van der Waals surface area contributed by atoms with Crippen LogP contribution in [0.3, 0.4) is 0 Å². The molecule has 0 fully saturated rings. The maximum absolute atomic E-state index is 12.0. The Labute approximate surface area is 140 Å². The van der Waals surface area contributed by atoms with Crippen molar-refractivity contribution >= 4 is 40.1 Å². The number of amides is 2. The van der Waals surface area contributed by atoms with Crippen LogP contribution in [0.2, 0.25) is 0 Å². The standard InChI is InChI=1S/C13H16N4O4S2/c1-22-4-2-9(16-12(14)20)11(19)21-7-8-6-10(18)17-3-5-23-13(17)15-8/h3,5-6,9H,2,4,7H2,1H3,(H3,14,16,20)/t9-/m0/s1. The highest BCUT2D eigenvalue weighted by Gasteiger charge is 2.21. The average Bonchev–Trinajstić information content (AvgIpc) is 2.97. The zero-order chi connectivity index (χ0) is 16.8. The molecular weight excluding hydrogens is 340 g/mol. The van der Waals surface area contributed by atoms with Crippen molar-refractivity contribution in [2.24, 2.45) is 5.73 Å². The fourth-order valence-electron chi connectivity index (χ4n) is 1.86. The van der Waals surface area contributed by atoms with Gasteiger partial charge in [0.2, 0.25) is 0 Å². The summed E-state index contributed by atoms with van der Waals surface area (Å²) in [6.45, 7) is -0.140. The maximum atomic E-state index is 12.0. The van der Waals surface area contributed by atoms with E-state index in [1.807, 2.05) is 6.26 Å². The number of nitrogens with zero attached hydrogens (tertiary/aromatic N) is 2. The van der Waals surface area contributed by atoms with Crippen LogP contribution in [-0.4, -0.2) is 39.4 Å². The molecule has 0 aliphatic carbocycles. The second-order valence-corrected chi connectivity index (χ2v) is 6.45. The molecule has 0 aliphatic heterocycles. The zero-order valence-corrected chi connectivity index (χ0v) is 14.0. The van der Waals surface area contributed by atoms with Crippen molar-refractivity contribution < 1.29 is 14.3 Å². The van der Waals surface area contributed by atoms with Gasteiger partial charge in [-0.15, -0.1) is 11.3 Å². The number of esters is 1. The van der Waals surface area contributed by atoms with Crippen molar-refractivity contribution in [2.75, 3.05) is 12.0 Å². The van der Waals surface area contributed by atoms with E-state index in [2.05, 4.69) is 10.3 Å². The molecule has 23 heavy (non-hydrogen) atoms. The molecule has 2 aromatic rings. The van der Waals surface area contributed by atoms with Gasteiger partial charge >= 0.3 is 12.0 Å². The number of fused-ring (bicyclic) bond motifs is 1. The molecule has 0 unspecified atom stereocenters. The third-order valence-corrected chi connectivity index (χ3v) is 4.33. The van der Waals surface area contributed by atoms with Gasteiger partial charge in [-0.3, -0.25) is 9.20 Å². The number of primary amides is 1. The lowest BCUT2D eigenvalue weighted by molar-refractivity contribution is -0.147. The summed E-state index contributed by atoms with van der Waals surface area (Å²) in [5.74, 6) is 0.0619. The lowest BCUT2D eigenvalue weighted by Crippen LogP contribution is -2.44. The number of thioether (sulfide) groups is 1. The van der Waals surface area contributed by atoms with Gasteiger partial charge in [-0.05, 0) is 18.4 Å².